The van der Waals surface area contributed by atoms with Crippen LogP contribution in [0.5, 0.6) is 5.75 Å². The maximum Gasteiger partial charge on any atom is 0.267 e. The molecule has 37 heavy (non-hydrogen) atoms. The minimum atomic E-state index is -4.00. The fourth-order valence-electron chi connectivity index (χ4n) is 4.10. The SMILES string of the molecule is Cc1nc2c(C(=O)NS(=O)(=O)c3ccccc3)cccc2n1Cc1ccc(OCc2ccccc2)cc1. The number of aromatic nitrogens is 2. The summed E-state index contributed by atoms with van der Waals surface area (Å²) >= 11 is 0. The average molecular weight is 512 g/mol. The molecule has 0 atom stereocenters. The first-order chi connectivity index (χ1) is 17.9. The van der Waals surface area contributed by atoms with Gasteiger partial charge in [-0.2, -0.15) is 0 Å². The molecular formula is C29H25N3O4S. The number of benzene rings is 4. The lowest BCUT2D eigenvalue weighted by atomic mass is 10.1. The first-order valence-electron chi connectivity index (χ1n) is 11.7. The van der Waals surface area contributed by atoms with E-state index in [4.69, 9.17) is 4.74 Å². The number of hydrogen-bond donors (Lipinski definition) is 1. The molecule has 8 heteroatoms. The molecule has 0 unspecified atom stereocenters. The van der Waals surface area contributed by atoms with Gasteiger partial charge in [0.1, 0.15) is 23.7 Å². The van der Waals surface area contributed by atoms with Gasteiger partial charge in [-0.05, 0) is 54.4 Å². The molecule has 1 N–H and O–H groups in total. The third-order valence-corrected chi connectivity index (χ3v) is 7.35. The number of amides is 1. The van der Waals surface area contributed by atoms with Gasteiger partial charge in [-0.3, -0.25) is 4.79 Å². The van der Waals surface area contributed by atoms with Crippen molar-refractivity contribution in [3.63, 3.8) is 0 Å². The van der Waals surface area contributed by atoms with Gasteiger partial charge in [-0.25, -0.2) is 18.1 Å². The lowest BCUT2D eigenvalue weighted by Crippen LogP contribution is -2.30. The Morgan fingerprint density at radius 2 is 1.51 bits per heavy atom. The number of carbonyl (C=O) groups is 1. The maximum absolute atomic E-state index is 13.0. The summed E-state index contributed by atoms with van der Waals surface area (Å²) in [5.74, 6) is 0.767. The molecule has 1 heterocycles. The van der Waals surface area contributed by atoms with Crippen molar-refractivity contribution in [3.8, 4) is 5.75 Å². The van der Waals surface area contributed by atoms with Crippen LogP contribution in [-0.2, 0) is 23.2 Å². The molecule has 5 rings (SSSR count). The van der Waals surface area contributed by atoms with E-state index in [1.54, 1.807) is 30.3 Å². The predicted octanol–water partition coefficient (Wildman–Crippen LogP) is 5.09. The molecule has 0 radical (unpaired) electrons. The number of nitrogens with one attached hydrogen (secondary N) is 1. The highest BCUT2D eigenvalue weighted by Gasteiger charge is 2.22. The van der Waals surface area contributed by atoms with E-state index in [2.05, 4.69) is 9.71 Å². The topological polar surface area (TPSA) is 90.3 Å². The smallest absolute Gasteiger partial charge is 0.267 e. The van der Waals surface area contributed by atoms with Crippen molar-refractivity contribution < 1.29 is 17.9 Å². The van der Waals surface area contributed by atoms with Crippen LogP contribution in [0.4, 0.5) is 0 Å². The molecule has 0 saturated carbocycles. The third-order valence-electron chi connectivity index (χ3n) is 6.01. The molecule has 7 nitrogen and oxygen atoms in total. The number of nitrogens with zero attached hydrogens (tertiary/aromatic N) is 2. The quantitative estimate of drug-likeness (QED) is 0.313. The van der Waals surface area contributed by atoms with Crippen molar-refractivity contribution in [1.82, 2.24) is 14.3 Å². The van der Waals surface area contributed by atoms with Gasteiger partial charge in [0.05, 0.1) is 16.0 Å². The minimum Gasteiger partial charge on any atom is -0.489 e. The van der Waals surface area contributed by atoms with Crippen LogP contribution in [0, 0.1) is 6.92 Å². The van der Waals surface area contributed by atoms with Gasteiger partial charge in [0.2, 0.25) is 0 Å². The van der Waals surface area contributed by atoms with Crippen molar-refractivity contribution in [2.24, 2.45) is 0 Å². The van der Waals surface area contributed by atoms with E-state index in [1.807, 2.05) is 72.2 Å². The van der Waals surface area contributed by atoms with Crippen LogP contribution in [0.15, 0.2) is 108 Å². The Kier molecular flexibility index (Phi) is 6.74. The lowest BCUT2D eigenvalue weighted by Gasteiger charge is -2.10. The molecule has 0 bridgehead atoms. The number of sulfonamides is 1. The molecule has 4 aromatic carbocycles. The molecule has 0 aliphatic carbocycles. The lowest BCUT2D eigenvalue weighted by molar-refractivity contribution is 0.0983. The van der Waals surface area contributed by atoms with Crippen LogP contribution >= 0.6 is 0 Å². The van der Waals surface area contributed by atoms with Gasteiger partial charge in [0.25, 0.3) is 15.9 Å². The normalized spacial score (nSPS) is 11.4. The van der Waals surface area contributed by atoms with Crippen molar-refractivity contribution in [3.05, 3.63) is 126 Å². The molecule has 5 aromatic rings. The van der Waals surface area contributed by atoms with Gasteiger partial charge >= 0.3 is 0 Å². The molecule has 0 saturated heterocycles. The Morgan fingerprint density at radius 1 is 0.838 bits per heavy atom. The molecule has 0 fully saturated rings. The zero-order chi connectivity index (χ0) is 25.8. The highest BCUT2D eigenvalue weighted by molar-refractivity contribution is 7.90. The number of ether oxygens (including phenoxy) is 1. The Hall–Kier alpha value is -4.43. The predicted molar refractivity (Wildman–Crippen MR) is 142 cm³/mol. The minimum absolute atomic E-state index is 0.0217. The number of aryl methyl sites for hydroxylation is 1. The molecule has 186 valence electrons. The number of para-hydroxylation sites is 1. The number of imidazole rings is 1. The zero-order valence-corrected chi connectivity index (χ0v) is 21.0. The summed E-state index contributed by atoms with van der Waals surface area (Å²) in [7, 11) is -4.00. The highest BCUT2D eigenvalue weighted by atomic mass is 32.2. The van der Waals surface area contributed by atoms with Crippen LogP contribution in [0.25, 0.3) is 11.0 Å². The van der Waals surface area contributed by atoms with Crippen LogP contribution < -0.4 is 9.46 Å². The molecule has 1 aromatic heterocycles. The van der Waals surface area contributed by atoms with Gasteiger partial charge < -0.3 is 9.30 Å². The first kappa shape index (κ1) is 24.3. The second-order valence-electron chi connectivity index (χ2n) is 8.58. The molecule has 0 aliphatic heterocycles. The second kappa shape index (κ2) is 10.3. The number of rotatable bonds is 8. The molecule has 0 spiro atoms. The monoisotopic (exact) mass is 511 g/mol. The zero-order valence-electron chi connectivity index (χ0n) is 20.2. The van der Waals surface area contributed by atoms with Gasteiger partial charge in [-0.15, -0.1) is 0 Å². The standard InChI is InChI=1S/C29H25N3O4S/c1-21-30-28-26(29(33)31-37(34,35)25-11-6-3-7-12-25)13-8-14-27(28)32(21)19-22-15-17-24(18-16-22)36-20-23-9-4-2-5-10-23/h2-18H,19-20H2,1H3,(H,31,33). The summed E-state index contributed by atoms with van der Waals surface area (Å²) < 4.78 is 35.3. The van der Waals surface area contributed by atoms with E-state index in [-0.39, 0.29) is 10.5 Å². The van der Waals surface area contributed by atoms with Crippen molar-refractivity contribution >= 4 is 27.0 Å². The van der Waals surface area contributed by atoms with E-state index >= 15 is 0 Å². The Labute approximate surface area is 215 Å². The van der Waals surface area contributed by atoms with E-state index in [1.165, 1.54) is 12.1 Å². The molecule has 1 amide bonds. The first-order valence-corrected chi connectivity index (χ1v) is 13.2. The van der Waals surface area contributed by atoms with E-state index in [0.717, 1.165) is 22.4 Å². The third kappa shape index (κ3) is 5.39. The Balaban J connectivity index is 1.34. The fraction of sp³-hybridized carbons (Fsp3) is 0.103. The largest absolute Gasteiger partial charge is 0.489 e. The van der Waals surface area contributed by atoms with E-state index in [9.17, 15) is 13.2 Å². The summed E-state index contributed by atoms with van der Waals surface area (Å²) in [6.07, 6.45) is 0. The molecule has 0 aliphatic rings. The van der Waals surface area contributed by atoms with Crippen LogP contribution in [0.2, 0.25) is 0 Å². The van der Waals surface area contributed by atoms with Crippen molar-refractivity contribution in [2.75, 3.05) is 0 Å². The van der Waals surface area contributed by atoms with Crippen molar-refractivity contribution in [2.45, 2.75) is 25.0 Å². The van der Waals surface area contributed by atoms with Crippen LogP contribution in [0.3, 0.4) is 0 Å². The summed E-state index contributed by atoms with van der Waals surface area (Å²) in [5, 5.41) is 0. The van der Waals surface area contributed by atoms with E-state index < -0.39 is 15.9 Å². The van der Waals surface area contributed by atoms with Crippen LogP contribution in [-0.4, -0.2) is 23.9 Å². The van der Waals surface area contributed by atoms with Gasteiger partial charge in [0, 0.05) is 6.54 Å². The van der Waals surface area contributed by atoms with Crippen LogP contribution in [0.1, 0.15) is 27.3 Å². The highest BCUT2D eigenvalue weighted by Crippen LogP contribution is 2.23. The number of carbonyl (C=O) groups excluding carboxylic acids is 1. The summed E-state index contributed by atoms with van der Waals surface area (Å²) in [6, 6.07) is 30.8. The number of fused-ring (bicyclic) bond motifs is 1. The molecular weight excluding hydrogens is 486 g/mol. The summed E-state index contributed by atoms with van der Waals surface area (Å²) in [6.45, 7) is 2.89. The van der Waals surface area contributed by atoms with Gasteiger partial charge in [-0.1, -0.05) is 66.7 Å². The average Bonchev–Trinajstić information content (AvgIpc) is 3.24. The van der Waals surface area contributed by atoms with Gasteiger partial charge in [0.15, 0.2) is 0 Å². The Morgan fingerprint density at radius 3 is 2.22 bits per heavy atom. The van der Waals surface area contributed by atoms with Crippen molar-refractivity contribution in [1.29, 1.82) is 0 Å². The number of hydrogen-bond acceptors (Lipinski definition) is 5. The fourth-order valence-corrected chi connectivity index (χ4v) is 5.08. The second-order valence-corrected chi connectivity index (χ2v) is 10.3. The maximum atomic E-state index is 13.0. The summed E-state index contributed by atoms with van der Waals surface area (Å²) in [5.41, 5.74) is 3.53. The summed E-state index contributed by atoms with van der Waals surface area (Å²) in [4.78, 5) is 17.6. The van der Waals surface area contributed by atoms with E-state index in [0.29, 0.717) is 24.5 Å². The Bertz CT molecular complexity index is 1650.